The molecule has 1 aliphatic heterocycles. The highest BCUT2D eigenvalue weighted by Gasteiger charge is 2.09. The van der Waals surface area contributed by atoms with E-state index in [-0.39, 0.29) is 0 Å². The number of ether oxygens (including phenoxy) is 1. The van der Waals surface area contributed by atoms with Crippen molar-refractivity contribution < 1.29 is 4.74 Å². The van der Waals surface area contributed by atoms with Crippen LogP contribution in [0.15, 0.2) is 35.5 Å². The van der Waals surface area contributed by atoms with Crippen LogP contribution in [0, 0.1) is 0 Å². The van der Waals surface area contributed by atoms with E-state index in [9.17, 15) is 0 Å². The van der Waals surface area contributed by atoms with Gasteiger partial charge in [-0.25, -0.2) is 4.98 Å². The highest BCUT2D eigenvalue weighted by Crippen LogP contribution is 2.30. The standard InChI is InChI=1S/C19H26N2OS/c1-23-19-17-8-7-9-18(16(17)10-11-20-19)22-15-6-5-14-21-12-3-2-4-13-21/h7-11H,2-6,12-15H2,1H3. The number of fused-ring (bicyclic) bond motifs is 1. The van der Waals surface area contributed by atoms with E-state index in [4.69, 9.17) is 4.74 Å². The zero-order chi connectivity index (χ0) is 15.9. The van der Waals surface area contributed by atoms with Crippen molar-refractivity contribution in [1.29, 1.82) is 0 Å². The minimum absolute atomic E-state index is 0.796. The van der Waals surface area contributed by atoms with Crippen LogP contribution >= 0.6 is 11.8 Å². The first kappa shape index (κ1) is 16.6. The monoisotopic (exact) mass is 330 g/mol. The molecule has 4 heteroatoms. The van der Waals surface area contributed by atoms with Crippen LogP contribution in [0.25, 0.3) is 10.8 Å². The minimum Gasteiger partial charge on any atom is -0.493 e. The van der Waals surface area contributed by atoms with Crippen molar-refractivity contribution in [2.24, 2.45) is 0 Å². The van der Waals surface area contributed by atoms with Crippen LogP contribution in [0.1, 0.15) is 32.1 Å². The number of nitrogens with zero attached hydrogens (tertiary/aromatic N) is 2. The average Bonchev–Trinajstić information content (AvgIpc) is 2.62. The van der Waals surface area contributed by atoms with Crippen molar-refractivity contribution in [3.8, 4) is 5.75 Å². The Hall–Kier alpha value is -1.26. The molecule has 2 aromatic rings. The van der Waals surface area contributed by atoms with Gasteiger partial charge in [-0.2, -0.15) is 0 Å². The Kier molecular flexibility index (Phi) is 6.17. The number of rotatable bonds is 7. The van der Waals surface area contributed by atoms with Gasteiger partial charge in [0.05, 0.1) is 6.61 Å². The molecule has 0 spiro atoms. The van der Waals surface area contributed by atoms with E-state index < -0.39 is 0 Å². The molecule has 3 rings (SSSR count). The molecule has 1 fully saturated rings. The first-order valence-electron chi connectivity index (χ1n) is 8.65. The molecule has 23 heavy (non-hydrogen) atoms. The Bertz CT molecular complexity index is 626. The molecule has 0 N–H and O–H groups in total. The highest BCUT2D eigenvalue weighted by molar-refractivity contribution is 7.98. The Morgan fingerprint density at radius 1 is 1.09 bits per heavy atom. The summed E-state index contributed by atoms with van der Waals surface area (Å²) in [7, 11) is 0. The van der Waals surface area contributed by atoms with Gasteiger partial charge in [-0.3, -0.25) is 0 Å². The lowest BCUT2D eigenvalue weighted by Gasteiger charge is -2.26. The summed E-state index contributed by atoms with van der Waals surface area (Å²) in [6.45, 7) is 4.59. The second kappa shape index (κ2) is 8.55. The molecular weight excluding hydrogens is 304 g/mol. The molecule has 124 valence electrons. The maximum absolute atomic E-state index is 6.05. The second-order valence-corrected chi connectivity index (χ2v) is 6.92. The van der Waals surface area contributed by atoms with Crippen LogP contribution in [0.3, 0.4) is 0 Å². The van der Waals surface area contributed by atoms with E-state index in [1.165, 1.54) is 56.1 Å². The Morgan fingerprint density at radius 3 is 2.78 bits per heavy atom. The number of hydrogen-bond donors (Lipinski definition) is 0. The van der Waals surface area contributed by atoms with Gasteiger partial charge in [0.1, 0.15) is 10.8 Å². The molecule has 3 nitrogen and oxygen atoms in total. The number of hydrogen-bond acceptors (Lipinski definition) is 4. The summed E-state index contributed by atoms with van der Waals surface area (Å²) >= 11 is 1.68. The lowest BCUT2D eigenvalue weighted by Crippen LogP contribution is -2.30. The number of unbranched alkanes of at least 4 members (excludes halogenated alkanes) is 1. The Balaban J connectivity index is 1.51. The Labute approximate surface area is 143 Å². The zero-order valence-corrected chi connectivity index (χ0v) is 14.8. The Morgan fingerprint density at radius 2 is 1.96 bits per heavy atom. The topological polar surface area (TPSA) is 25.4 Å². The SMILES string of the molecule is CSc1nccc2c(OCCCCN3CCCCC3)cccc12. The van der Waals surface area contributed by atoms with Gasteiger partial charge >= 0.3 is 0 Å². The fraction of sp³-hybridized carbons (Fsp3) is 0.526. The van der Waals surface area contributed by atoms with Gasteiger partial charge in [-0.1, -0.05) is 18.6 Å². The van der Waals surface area contributed by atoms with Gasteiger partial charge in [0.2, 0.25) is 0 Å². The van der Waals surface area contributed by atoms with E-state index in [0.29, 0.717) is 0 Å². The molecule has 1 aromatic carbocycles. The predicted octanol–water partition coefficient (Wildman–Crippen LogP) is 4.60. The van der Waals surface area contributed by atoms with Crippen LogP contribution in [-0.4, -0.2) is 42.4 Å². The summed E-state index contributed by atoms with van der Waals surface area (Å²) in [4.78, 5) is 7.02. The van der Waals surface area contributed by atoms with Crippen molar-refractivity contribution in [3.05, 3.63) is 30.5 Å². The lowest BCUT2D eigenvalue weighted by atomic mass is 10.1. The van der Waals surface area contributed by atoms with Gasteiger partial charge < -0.3 is 9.64 Å². The molecule has 0 atom stereocenters. The number of likely N-dealkylation sites (tertiary alicyclic amines) is 1. The molecule has 1 saturated heterocycles. The minimum atomic E-state index is 0.796. The predicted molar refractivity (Wildman–Crippen MR) is 98.5 cm³/mol. The van der Waals surface area contributed by atoms with Crippen LogP contribution in [0.4, 0.5) is 0 Å². The molecule has 0 bridgehead atoms. The highest BCUT2D eigenvalue weighted by atomic mass is 32.2. The maximum atomic E-state index is 6.05. The molecule has 1 aromatic heterocycles. The van der Waals surface area contributed by atoms with Crippen molar-refractivity contribution in [2.45, 2.75) is 37.1 Å². The summed E-state index contributed by atoms with van der Waals surface area (Å²) in [6.07, 6.45) is 10.4. The molecule has 0 radical (unpaired) electrons. The van der Waals surface area contributed by atoms with Crippen LogP contribution in [0.2, 0.25) is 0 Å². The van der Waals surface area contributed by atoms with Gasteiger partial charge in [0.25, 0.3) is 0 Å². The average molecular weight is 330 g/mol. The largest absolute Gasteiger partial charge is 0.493 e. The summed E-state index contributed by atoms with van der Waals surface area (Å²) in [6, 6.07) is 8.30. The third kappa shape index (κ3) is 4.39. The molecule has 0 unspecified atom stereocenters. The number of benzene rings is 1. The van der Waals surface area contributed by atoms with Crippen molar-refractivity contribution in [2.75, 3.05) is 32.5 Å². The lowest BCUT2D eigenvalue weighted by molar-refractivity contribution is 0.216. The number of piperidine rings is 1. The van der Waals surface area contributed by atoms with Gasteiger partial charge in [-0.05, 0) is 63.7 Å². The molecule has 2 heterocycles. The van der Waals surface area contributed by atoms with Gasteiger partial charge in [0, 0.05) is 17.0 Å². The number of aromatic nitrogens is 1. The van der Waals surface area contributed by atoms with Crippen LogP contribution in [0.5, 0.6) is 5.75 Å². The smallest absolute Gasteiger partial charge is 0.127 e. The van der Waals surface area contributed by atoms with Gasteiger partial charge in [-0.15, -0.1) is 11.8 Å². The molecule has 0 aliphatic carbocycles. The van der Waals surface area contributed by atoms with Crippen molar-refractivity contribution in [3.63, 3.8) is 0 Å². The zero-order valence-electron chi connectivity index (χ0n) is 14.0. The molecule has 0 amide bonds. The second-order valence-electron chi connectivity index (χ2n) is 6.13. The van der Waals surface area contributed by atoms with Crippen LogP contribution in [-0.2, 0) is 0 Å². The van der Waals surface area contributed by atoms with Crippen LogP contribution < -0.4 is 4.74 Å². The van der Waals surface area contributed by atoms with Gasteiger partial charge in [0.15, 0.2) is 0 Å². The fourth-order valence-corrected chi connectivity index (χ4v) is 3.81. The van der Waals surface area contributed by atoms with E-state index in [1.54, 1.807) is 11.8 Å². The van der Waals surface area contributed by atoms with E-state index in [0.717, 1.165) is 23.8 Å². The third-order valence-electron chi connectivity index (χ3n) is 4.50. The fourth-order valence-electron chi connectivity index (χ4n) is 3.24. The molecule has 1 aliphatic rings. The number of pyridine rings is 1. The summed E-state index contributed by atoms with van der Waals surface area (Å²) < 4.78 is 6.05. The van der Waals surface area contributed by atoms with Crippen molar-refractivity contribution >= 4 is 22.5 Å². The quantitative estimate of drug-likeness (QED) is 0.547. The maximum Gasteiger partial charge on any atom is 0.127 e. The normalized spacial score (nSPS) is 15.9. The first-order valence-corrected chi connectivity index (χ1v) is 9.88. The summed E-state index contributed by atoms with van der Waals surface area (Å²) in [5, 5.41) is 3.42. The third-order valence-corrected chi connectivity index (χ3v) is 5.21. The molecule has 0 saturated carbocycles. The molecular formula is C19H26N2OS. The summed E-state index contributed by atoms with van der Waals surface area (Å²) in [5.74, 6) is 0.984. The first-order chi connectivity index (χ1) is 11.4. The van der Waals surface area contributed by atoms with E-state index in [2.05, 4.69) is 40.4 Å². The van der Waals surface area contributed by atoms with E-state index >= 15 is 0 Å². The number of thioether (sulfide) groups is 1. The van der Waals surface area contributed by atoms with E-state index in [1.807, 2.05) is 6.20 Å². The van der Waals surface area contributed by atoms with Crippen molar-refractivity contribution in [1.82, 2.24) is 9.88 Å². The summed E-state index contributed by atoms with van der Waals surface area (Å²) in [5.41, 5.74) is 0.